The van der Waals surface area contributed by atoms with E-state index in [1.54, 1.807) is 30.5 Å². The molecule has 1 N–H and O–H groups in total. The summed E-state index contributed by atoms with van der Waals surface area (Å²) in [5, 5.41) is 10.9. The molecule has 0 saturated carbocycles. The van der Waals surface area contributed by atoms with E-state index in [9.17, 15) is 18.1 Å². The molecule has 6 rings (SSSR count). The molecule has 0 bridgehead atoms. The zero-order valence-corrected chi connectivity index (χ0v) is 34.4. The van der Waals surface area contributed by atoms with Crippen LogP contribution in [0.2, 0.25) is 0 Å². The number of piperidine rings is 3. The minimum absolute atomic E-state index is 0.190. The van der Waals surface area contributed by atoms with Crippen molar-refractivity contribution in [3.8, 4) is 5.75 Å². The average molecular weight is 781 g/mol. The van der Waals surface area contributed by atoms with E-state index in [1.807, 2.05) is 18.2 Å². The molecular formula is C43H64N4O5S2. The van der Waals surface area contributed by atoms with Crippen molar-refractivity contribution < 1.29 is 22.8 Å². The smallest absolute Gasteiger partial charge is 0.210 e. The second-order valence-electron chi connectivity index (χ2n) is 15.9. The number of fused-ring (bicyclic) bond motifs is 1. The summed E-state index contributed by atoms with van der Waals surface area (Å²) in [6, 6.07) is 13.4. The largest absolute Gasteiger partial charge is 0.612 e. The molecule has 4 heterocycles. The third kappa shape index (κ3) is 10.7. The summed E-state index contributed by atoms with van der Waals surface area (Å²) in [6.07, 6.45) is 21.8. The summed E-state index contributed by atoms with van der Waals surface area (Å²) >= 11 is -1.22. The van der Waals surface area contributed by atoms with Crippen molar-refractivity contribution in [3.63, 3.8) is 0 Å². The summed E-state index contributed by atoms with van der Waals surface area (Å²) in [5.41, 5.74) is 1.36. The maximum Gasteiger partial charge on any atom is 0.210 e. The van der Waals surface area contributed by atoms with Gasteiger partial charge in [-0.15, -0.1) is 0 Å². The highest BCUT2D eigenvalue weighted by molar-refractivity contribution is 7.91. The molecule has 11 heteroatoms. The van der Waals surface area contributed by atoms with Gasteiger partial charge in [0.15, 0.2) is 4.90 Å². The van der Waals surface area contributed by atoms with Crippen molar-refractivity contribution >= 4 is 37.6 Å². The Balaban J connectivity index is 1.09. The van der Waals surface area contributed by atoms with E-state index in [-0.39, 0.29) is 15.9 Å². The maximum absolute atomic E-state index is 14.4. The van der Waals surface area contributed by atoms with E-state index in [0.29, 0.717) is 40.5 Å². The zero-order valence-electron chi connectivity index (χ0n) is 32.8. The van der Waals surface area contributed by atoms with Gasteiger partial charge in [0.2, 0.25) is 9.84 Å². The molecule has 0 radical (unpaired) electrons. The summed E-state index contributed by atoms with van der Waals surface area (Å²) in [7, 11) is -3.93. The predicted octanol–water partition coefficient (Wildman–Crippen LogP) is 7.99. The van der Waals surface area contributed by atoms with Crippen molar-refractivity contribution in [2.24, 2.45) is 0 Å². The number of aliphatic hydroxyl groups excluding tert-OH is 1. The lowest BCUT2D eigenvalue weighted by molar-refractivity contribution is 0.0170. The Hall–Kier alpha value is -2.41. The number of hydrogen-bond donors (Lipinski definition) is 1. The van der Waals surface area contributed by atoms with E-state index in [4.69, 9.17) is 4.74 Å². The van der Waals surface area contributed by atoms with E-state index in [0.717, 1.165) is 96.0 Å². The highest BCUT2D eigenvalue weighted by Crippen LogP contribution is 2.39. The Labute approximate surface area is 327 Å². The molecule has 3 fully saturated rings. The lowest BCUT2D eigenvalue weighted by Crippen LogP contribution is -2.53. The minimum atomic E-state index is -3.93. The quantitative estimate of drug-likeness (QED) is 0.102. The molecule has 3 saturated heterocycles. The van der Waals surface area contributed by atoms with Crippen molar-refractivity contribution in [2.75, 3.05) is 57.0 Å². The SMILES string of the molecule is CCCCCCCCCCCCOc1ccc(S(=O)(=O)c2cnc3ccc([S@@+](C)[O-])cc3c2N2CCC(N3CCC(N4CCC[C@H](O)C4)CC3)CC2)cc1. The van der Waals surface area contributed by atoms with Crippen molar-refractivity contribution in [3.05, 3.63) is 48.7 Å². The van der Waals surface area contributed by atoms with Crippen LogP contribution in [0.25, 0.3) is 10.9 Å². The molecule has 3 aliphatic heterocycles. The molecule has 0 amide bonds. The third-order valence-electron chi connectivity index (χ3n) is 12.0. The molecule has 2 aromatic carbocycles. The number of likely N-dealkylation sites (tertiary alicyclic amines) is 2. The van der Waals surface area contributed by atoms with Gasteiger partial charge < -0.3 is 24.2 Å². The number of rotatable bonds is 18. The number of β-amino-alcohol motifs (C(OH)–C–C–N with tert-alkyl or cyclic N) is 1. The molecule has 0 unspecified atom stereocenters. The van der Waals surface area contributed by atoms with Gasteiger partial charge in [-0.25, -0.2) is 8.42 Å². The summed E-state index contributed by atoms with van der Waals surface area (Å²) in [5.74, 6) is 0.677. The number of aliphatic hydroxyl groups is 1. The number of benzene rings is 2. The van der Waals surface area contributed by atoms with Crippen LogP contribution in [0.3, 0.4) is 0 Å². The number of hydrogen-bond acceptors (Lipinski definition) is 9. The second kappa shape index (κ2) is 20.1. The lowest BCUT2D eigenvalue weighted by Gasteiger charge is -2.45. The highest BCUT2D eigenvalue weighted by Gasteiger charge is 2.34. The normalized spacial score (nSPS) is 20.4. The van der Waals surface area contributed by atoms with E-state index in [2.05, 4.69) is 26.6 Å². The van der Waals surface area contributed by atoms with Crippen LogP contribution in [-0.2, 0) is 21.0 Å². The molecule has 0 spiro atoms. The number of anilines is 1. The van der Waals surface area contributed by atoms with Gasteiger partial charge in [0.1, 0.15) is 16.9 Å². The Bertz CT molecular complexity index is 1710. The highest BCUT2D eigenvalue weighted by atomic mass is 32.2. The van der Waals surface area contributed by atoms with Crippen LogP contribution in [0.4, 0.5) is 5.69 Å². The number of unbranched alkanes of at least 4 members (excludes halogenated alkanes) is 9. The average Bonchev–Trinajstić information content (AvgIpc) is 3.19. The van der Waals surface area contributed by atoms with Crippen molar-refractivity contribution in [1.82, 2.24) is 14.8 Å². The Morgan fingerprint density at radius 2 is 1.44 bits per heavy atom. The fraction of sp³-hybridized carbons (Fsp3) is 0.651. The van der Waals surface area contributed by atoms with Gasteiger partial charge >= 0.3 is 0 Å². The van der Waals surface area contributed by atoms with Gasteiger partial charge in [0.25, 0.3) is 0 Å². The van der Waals surface area contributed by atoms with Gasteiger partial charge in [-0.3, -0.25) is 9.88 Å². The predicted molar refractivity (Wildman–Crippen MR) is 220 cm³/mol. The van der Waals surface area contributed by atoms with Gasteiger partial charge in [-0.2, -0.15) is 0 Å². The standard InChI is InChI=1S/C43H64N4O5S2/c1-3-4-5-6-7-8-9-10-11-12-30-52-37-15-18-39(19-16-37)54(50,51)42-32-44-41-20-17-38(53(2)49)31-40(41)43(42)46-28-23-34(24-29-46)45-26-21-35(22-27-45)47-25-13-14-36(48)33-47/h15-20,31-32,34-36,48H,3-14,21-30,33H2,1-2H3/t36-,53+/m0/s1. The minimum Gasteiger partial charge on any atom is -0.612 e. The molecular weight excluding hydrogens is 717 g/mol. The van der Waals surface area contributed by atoms with Crippen LogP contribution in [0.1, 0.15) is 110 Å². The Kier molecular flexibility index (Phi) is 15.4. The van der Waals surface area contributed by atoms with Crippen LogP contribution in [0.15, 0.2) is 63.3 Å². The number of pyridine rings is 1. The Morgan fingerprint density at radius 3 is 2.09 bits per heavy atom. The fourth-order valence-corrected chi connectivity index (χ4v) is 10.8. The van der Waals surface area contributed by atoms with Crippen LogP contribution < -0.4 is 9.64 Å². The van der Waals surface area contributed by atoms with Crippen molar-refractivity contribution in [1.29, 1.82) is 0 Å². The first kappa shape index (κ1) is 41.2. The fourth-order valence-electron chi connectivity index (χ4n) is 8.85. The topological polar surface area (TPSA) is 109 Å². The first-order chi connectivity index (χ1) is 26.2. The maximum atomic E-state index is 14.4. The molecule has 1 aromatic heterocycles. The molecule has 2 atom stereocenters. The molecule has 298 valence electrons. The number of aromatic nitrogens is 1. The van der Waals surface area contributed by atoms with E-state index < -0.39 is 21.0 Å². The van der Waals surface area contributed by atoms with Crippen LogP contribution >= 0.6 is 0 Å². The summed E-state index contributed by atoms with van der Waals surface area (Å²) < 4.78 is 47.4. The second-order valence-corrected chi connectivity index (χ2v) is 19.2. The number of ether oxygens (including phenoxy) is 1. The van der Waals surface area contributed by atoms with Crippen LogP contribution in [0.5, 0.6) is 5.75 Å². The Morgan fingerprint density at radius 1 is 0.815 bits per heavy atom. The van der Waals surface area contributed by atoms with Gasteiger partial charge in [-0.1, -0.05) is 64.7 Å². The van der Waals surface area contributed by atoms with E-state index in [1.165, 1.54) is 57.6 Å². The molecule has 9 nitrogen and oxygen atoms in total. The monoisotopic (exact) mass is 780 g/mol. The zero-order chi connectivity index (χ0) is 37.9. The first-order valence-corrected chi connectivity index (χ1v) is 23.9. The van der Waals surface area contributed by atoms with Gasteiger partial charge in [0.05, 0.1) is 28.8 Å². The first-order valence-electron chi connectivity index (χ1n) is 20.9. The molecule has 0 aliphatic carbocycles. The number of nitrogens with zero attached hydrogens (tertiary/aromatic N) is 4. The van der Waals surface area contributed by atoms with Gasteiger partial charge in [-0.05, 0) is 112 Å². The van der Waals surface area contributed by atoms with Crippen LogP contribution in [-0.4, -0.2) is 103 Å². The summed E-state index contributed by atoms with van der Waals surface area (Å²) in [6.45, 7) is 8.36. The van der Waals surface area contributed by atoms with Gasteiger partial charge in [0, 0.05) is 49.4 Å². The summed E-state index contributed by atoms with van der Waals surface area (Å²) in [4.78, 5) is 13.0. The third-order valence-corrected chi connectivity index (χ3v) is 14.7. The lowest BCUT2D eigenvalue weighted by atomic mass is 9.95. The molecule has 3 aliphatic rings. The molecule has 54 heavy (non-hydrogen) atoms. The van der Waals surface area contributed by atoms with Crippen molar-refractivity contribution in [2.45, 2.75) is 143 Å². The van der Waals surface area contributed by atoms with Crippen LogP contribution in [0, 0.1) is 0 Å². The number of sulfone groups is 1. The molecule has 3 aromatic rings. The van der Waals surface area contributed by atoms with E-state index >= 15 is 0 Å².